The van der Waals surface area contributed by atoms with Crippen molar-refractivity contribution < 1.29 is 4.79 Å². The molecule has 1 aromatic carbocycles. The predicted molar refractivity (Wildman–Crippen MR) is 102 cm³/mol. The first-order valence-electron chi connectivity index (χ1n) is 8.48. The van der Waals surface area contributed by atoms with Crippen molar-refractivity contribution in [1.29, 1.82) is 0 Å². The van der Waals surface area contributed by atoms with Crippen LogP contribution >= 0.6 is 11.3 Å². The fourth-order valence-corrected chi connectivity index (χ4v) is 3.77. The second-order valence-corrected chi connectivity index (χ2v) is 7.07. The Balaban J connectivity index is 1.34. The van der Waals surface area contributed by atoms with Gasteiger partial charge in [-0.05, 0) is 12.1 Å². The maximum Gasteiger partial charge on any atom is 0.321 e. The molecular weight excluding hydrogens is 350 g/mol. The van der Waals surface area contributed by atoms with Gasteiger partial charge in [0.15, 0.2) is 4.96 Å². The molecular formula is C18H19N5O2S. The van der Waals surface area contributed by atoms with E-state index < -0.39 is 0 Å². The third-order valence-electron chi connectivity index (χ3n) is 4.43. The van der Waals surface area contributed by atoms with Crippen LogP contribution in [0.2, 0.25) is 0 Å². The third-order valence-corrected chi connectivity index (χ3v) is 5.18. The van der Waals surface area contributed by atoms with Crippen LogP contribution < -0.4 is 10.9 Å². The number of carbonyl (C=O) groups is 1. The second-order valence-electron chi connectivity index (χ2n) is 6.20. The molecule has 1 fully saturated rings. The number of piperazine rings is 1. The number of rotatable bonds is 3. The van der Waals surface area contributed by atoms with Gasteiger partial charge in [0.1, 0.15) is 0 Å². The Labute approximate surface area is 154 Å². The Morgan fingerprint density at radius 2 is 1.92 bits per heavy atom. The normalized spacial score (nSPS) is 15.3. The van der Waals surface area contributed by atoms with Crippen LogP contribution in [0, 0.1) is 0 Å². The molecule has 1 N–H and O–H groups in total. The zero-order chi connectivity index (χ0) is 17.9. The van der Waals surface area contributed by atoms with Gasteiger partial charge in [-0.25, -0.2) is 9.78 Å². The van der Waals surface area contributed by atoms with Crippen molar-refractivity contribution >= 4 is 28.0 Å². The minimum absolute atomic E-state index is 0.0490. The maximum atomic E-state index is 12.3. The van der Waals surface area contributed by atoms with Gasteiger partial charge in [-0.2, -0.15) is 0 Å². The molecule has 1 aliphatic rings. The number of anilines is 1. The molecule has 0 aliphatic carbocycles. The van der Waals surface area contributed by atoms with E-state index in [4.69, 9.17) is 0 Å². The van der Waals surface area contributed by atoms with E-state index in [1.165, 1.54) is 11.3 Å². The Kier molecular flexibility index (Phi) is 4.68. The molecule has 8 heteroatoms. The summed E-state index contributed by atoms with van der Waals surface area (Å²) in [6, 6.07) is 11.0. The quantitative estimate of drug-likeness (QED) is 0.768. The van der Waals surface area contributed by atoms with E-state index in [1.807, 2.05) is 40.6 Å². The number of thiazole rings is 1. The summed E-state index contributed by atoms with van der Waals surface area (Å²) >= 11 is 1.46. The second kappa shape index (κ2) is 7.27. The molecule has 26 heavy (non-hydrogen) atoms. The van der Waals surface area contributed by atoms with Crippen LogP contribution in [0.5, 0.6) is 0 Å². The monoisotopic (exact) mass is 369 g/mol. The minimum atomic E-state index is -0.0766. The number of para-hydroxylation sites is 1. The van der Waals surface area contributed by atoms with E-state index in [2.05, 4.69) is 15.2 Å². The molecule has 0 unspecified atom stereocenters. The molecule has 1 saturated heterocycles. The number of benzene rings is 1. The van der Waals surface area contributed by atoms with Crippen LogP contribution in [-0.4, -0.2) is 51.4 Å². The number of aromatic nitrogens is 2. The Morgan fingerprint density at radius 1 is 1.15 bits per heavy atom. The van der Waals surface area contributed by atoms with Crippen LogP contribution in [0.4, 0.5) is 10.5 Å². The van der Waals surface area contributed by atoms with Gasteiger partial charge >= 0.3 is 6.03 Å². The van der Waals surface area contributed by atoms with Crippen molar-refractivity contribution in [2.24, 2.45) is 0 Å². The molecule has 0 saturated carbocycles. The Morgan fingerprint density at radius 3 is 2.69 bits per heavy atom. The molecule has 134 valence electrons. The lowest BCUT2D eigenvalue weighted by Crippen LogP contribution is -2.49. The van der Waals surface area contributed by atoms with Gasteiger partial charge < -0.3 is 10.2 Å². The standard InChI is InChI=1S/C18H19N5O2S/c24-16-12-15(20-18-23(16)10-11-26-18)13-21-6-8-22(9-7-21)17(25)19-14-4-2-1-3-5-14/h1-5,10-12H,6-9,13H2,(H,19,25). The first-order valence-corrected chi connectivity index (χ1v) is 9.36. The first kappa shape index (κ1) is 16.7. The van der Waals surface area contributed by atoms with E-state index in [1.54, 1.807) is 16.7 Å². The summed E-state index contributed by atoms with van der Waals surface area (Å²) in [7, 11) is 0. The lowest BCUT2D eigenvalue weighted by Gasteiger charge is -2.34. The number of carbonyl (C=O) groups excluding carboxylic acids is 1. The van der Waals surface area contributed by atoms with Gasteiger partial charge in [0.25, 0.3) is 5.56 Å². The average Bonchev–Trinajstić information content (AvgIpc) is 3.12. The van der Waals surface area contributed by atoms with E-state index in [9.17, 15) is 9.59 Å². The molecule has 0 spiro atoms. The maximum absolute atomic E-state index is 12.3. The smallest absolute Gasteiger partial charge is 0.321 e. The molecule has 2 aromatic heterocycles. The number of hydrogen-bond acceptors (Lipinski definition) is 5. The van der Waals surface area contributed by atoms with Crippen molar-refractivity contribution in [3.63, 3.8) is 0 Å². The van der Waals surface area contributed by atoms with Crippen LogP contribution in [0.25, 0.3) is 4.96 Å². The van der Waals surface area contributed by atoms with Gasteiger partial charge in [0, 0.05) is 56.1 Å². The summed E-state index contributed by atoms with van der Waals surface area (Å²) < 4.78 is 1.56. The summed E-state index contributed by atoms with van der Waals surface area (Å²) in [5.41, 5.74) is 1.53. The molecule has 3 aromatic rings. The molecule has 0 atom stereocenters. The fraction of sp³-hybridized carbons (Fsp3) is 0.278. The Hall–Kier alpha value is -2.71. The van der Waals surface area contributed by atoms with Gasteiger partial charge in [-0.15, -0.1) is 11.3 Å². The summed E-state index contributed by atoms with van der Waals surface area (Å²) in [5.74, 6) is 0. The topological polar surface area (TPSA) is 70.0 Å². The highest BCUT2D eigenvalue weighted by Crippen LogP contribution is 2.12. The average molecular weight is 369 g/mol. The van der Waals surface area contributed by atoms with Crippen molar-refractivity contribution in [3.05, 3.63) is 64.0 Å². The van der Waals surface area contributed by atoms with Crippen LogP contribution in [-0.2, 0) is 6.54 Å². The molecule has 7 nitrogen and oxygen atoms in total. The predicted octanol–water partition coefficient (Wildman–Crippen LogP) is 2.11. The first-order chi connectivity index (χ1) is 12.7. The van der Waals surface area contributed by atoms with Gasteiger partial charge in [0.2, 0.25) is 0 Å². The molecule has 3 heterocycles. The van der Waals surface area contributed by atoms with Crippen molar-refractivity contribution in [2.75, 3.05) is 31.5 Å². The number of amides is 2. The van der Waals surface area contributed by atoms with Gasteiger partial charge in [-0.3, -0.25) is 14.1 Å². The molecule has 2 amide bonds. The molecule has 0 radical (unpaired) electrons. The van der Waals surface area contributed by atoms with E-state index in [0.717, 1.165) is 24.5 Å². The highest BCUT2D eigenvalue weighted by molar-refractivity contribution is 7.15. The molecule has 1 aliphatic heterocycles. The van der Waals surface area contributed by atoms with Crippen LogP contribution in [0.15, 0.2) is 52.8 Å². The number of nitrogens with one attached hydrogen (secondary N) is 1. The largest absolute Gasteiger partial charge is 0.322 e. The van der Waals surface area contributed by atoms with Crippen molar-refractivity contribution in [1.82, 2.24) is 19.2 Å². The number of fused-ring (bicyclic) bond motifs is 1. The zero-order valence-electron chi connectivity index (χ0n) is 14.2. The molecule has 4 rings (SSSR count). The SMILES string of the molecule is O=C(Nc1ccccc1)N1CCN(Cc2cc(=O)n3ccsc3n2)CC1. The summed E-state index contributed by atoms with van der Waals surface area (Å²) in [5, 5.41) is 4.77. The third kappa shape index (κ3) is 3.61. The zero-order valence-corrected chi connectivity index (χ0v) is 15.0. The molecule has 0 bridgehead atoms. The van der Waals surface area contributed by atoms with Crippen LogP contribution in [0.3, 0.4) is 0 Å². The highest BCUT2D eigenvalue weighted by Gasteiger charge is 2.21. The van der Waals surface area contributed by atoms with Gasteiger partial charge in [-0.1, -0.05) is 18.2 Å². The van der Waals surface area contributed by atoms with E-state index in [-0.39, 0.29) is 11.6 Å². The van der Waals surface area contributed by atoms with Crippen molar-refractivity contribution in [3.8, 4) is 0 Å². The highest BCUT2D eigenvalue weighted by atomic mass is 32.1. The number of nitrogens with zero attached hydrogens (tertiary/aromatic N) is 4. The fourth-order valence-electron chi connectivity index (χ4n) is 3.03. The number of hydrogen-bond donors (Lipinski definition) is 1. The summed E-state index contributed by atoms with van der Waals surface area (Å²) in [6.45, 7) is 3.44. The van der Waals surface area contributed by atoms with Crippen molar-refractivity contribution in [2.45, 2.75) is 6.54 Å². The number of urea groups is 1. The Bertz CT molecular complexity index is 960. The van der Waals surface area contributed by atoms with Crippen LogP contribution in [0.1, 0.15) is 5.69 Å². The van der Waals surface area contributed by atoms with Gasteiger partial charge in [0.05, 0.1) is 5.69 Å². The lowest BCUT2D eigenvalue weighted by atomic mass is 10.3. The van der Waals surface area contributed by atoms with E-state index >= 15 is 0 Å². The summed E-state index contributed by atoms with van der Waals surface area (Å²) in [6.07, 6.45) is 1.74. The lowest BCUT2D eigenvalue weighted by molar-refractivity contribution is 0.142. The summed E-state index contributed by atoms with van der Waals surface area (Å²) in [4.78, 5) is 33.7. The van der Waals surface area contributed by atoms with E-state index in [0.29, 0.717) is 24.6 Å². The minimum Gasteiger partial charge on any atom is -0.322 e.